The molecule has 1 fully saturated rings. The summed E-state index contributed by atoms with van der Waals surface area (Å²) in [6.45, 7) is 6.24. The molecule has 5 nitrogen and oxygen atoms in total. The lowest BCUT2D eigenvalue weighted by molar-refractivity contribution is 0.0521. The van der Waals surface area contributed by atoms with Crippen molar-refractivity contribution in [3.8, 4) is 11.3 Å². The quantitative estimate of drug-likeness (QED) is 0.884. The van der Waals surface area contributed by atoms with Gasteiger partial charge < -0.3 is 9.64 Å². The molecule has 0 aliphatic carbocycles. The Morgan fingerprint density at radius 2 is 2.17 bits per heavy atom. The van der Waals surface area contributed by atoms with Crippen molar-refractivity contribution < 1.29 is 9.53 Å². The molecule has 1 aromatic heterocycles. The summed E-state index contributed by atoms with van der Waals surface area (Å²) in [7, 11) is 0. The fourth-order valence-electron chi connectivity index (χ4n) is 3.22. The number of hydrogen-bond acceptors (Lipinski definition) is 3. The third kappa shape index (κ3) is 3.51. The predicted octanol–water partition coefficient (Wildman–Crippen LogP) is 3.42. The van der Waals surface area contributed by atoms with Gasteiger partial charge in [-0.1, -0.05) is 37.3 Å². The first kappa shape index (κ1) is 16.7. The largest absolute Gasteiger partial charge is 0.376 e. The highest BCUT2D eigenvalue weighted by Gasteiger charge is 2.26. The molecule has 1 saturated heterocycles. The van der Waals surface area contributed by atoms with E-state index in [0.717, 1.165) is 49.2 Å². The van der Waals surface area contributed by atoms with Crippen LogP contribution in [0, 0.1) is 6.92 Å². The van der Waals surface area contributed by atoms with E-state index in [9.17, 15) is 4.79 Å². The van der Waals surface area contributed by atoms with Crippen LogP contribution in [0.5, 0.6) is 0 Å². The summed E-state index contributed by atoms with van der Waals surface area (Å²) in [4.78, 5) is 14.9. The highest BCUT2D eigenvalue weighted by Crippen LogP contribution is 2.24. The number of H-pyrrole nitrogens is 1. The van der Waals surface area contributed by atoms with Crippen molar-refractivity contribution in [2.45, 2.75) is 39.2 Å². The molecule has 0 radical (unpaired) electrons. The number of rotatable bonds is 6. The molecular weight excluding hydrogens is 302 g/mol. The normalized spacial score (nSPS) is 17.2. The molecule has 1 atom stereocenters. The van der Waals surface area contributed by atoms with Gasteiger partial charge in [-0.05, 0) is 26.2 Å². The van der Waals surface area contributed by atoms with Crippen molar-refractivity contribution in [2.75, 3.05) is 19.7 Å². The van der Waals surface area contributed by atoms with Crippen molar-refractivity contribution in [2.24, 2.45) is 0 Å². The molecule has 1 aliphatic rings. The molecule has 1 amide bonds. The number of amides is 1. The van der Waals surface area contributed by atoms with Crippen LogP contribution in [-0.2, 0) is 4.74 Å². The number of hydrogen-bond donors (Lipinski definition) is 1. The summed E-state index contributed by atoms with van der Waals surface area (Å²) in [6.07, 6.45) is 3.21. The van der Waals surface area contributed by atoms with Gasteiger partial charge in [0.15, 0.2) is 0 Å². The number of benzene rings is 1. The van der Waals surface area contributed by atoms with E-state index < -0.39 is 0 Å². The maximum atomic E-state index is 13.0. The average molecular weight is 327 g/mol. The average Bonchev–Trinajstić information content (AvgIpc) is 3.24. The third-order valence-corrected chi connectivity index (χ3v) is 4.50. The monoisotopic (exact) mass is 327 g/mol. The molecule has 1 aliphatic heterocycles. The van der Waals surface area contributed by atoms with E-state index in [1.165, 1.54) is 0 Å². The van der Waals surface area contributed by atoms with E-state index in [2.05, 4.69) is 17.1 Å². The number of carbonyl (C=O) groups excluding carboxylic acids is 1. The molecule has 3 rings (SSSR count). The van der Waals surface area contributed by atoms with Gasteiger partial charge in [0.1, 0.15) is 5.69 Å². The van der Waals surface area contributed by atoms with Crippen molar-refractivity contribution in [3.05, 3.63) is 41.6 Å². The molecule has 128 valence electrons. The van der Waals surface area contributed by atoms with Crippen LogP contribution in [0.4, 0.5) is 0 Å². The Morgan fingerprint density at radius 1 is 1.38 bits per heavy atom. The Bertz CT molecular complexity index is 675. The van der Waals surface area contributed by atoms with Gasteiger partial charge in [-0.25, -0.2) is 0 Å². The number of ether oxygens (including phenoxy) is 1. The van der Waals surface area contributed by atoms with Crippen LogP contribution in [-0.4, -0.2) is 46.8 Å². The van der Waals surface area contributed by atoms with Crippen LogP contribution in [0.2, 0.25) is 0 Å². The van der Waals surface area contributed by atoms with E-state index in [1.807, 2.05) is 42.2 Å². The van der Waals surface area contributed by atoms with Gasteiger partial charge in [-0.15, -0.1) is 0 Å². The lowest BCUT2D eigenvalue weighted by Crippen LogP contribution is -2.38. The number of aromatic nitrogens is 2. The molecule has 1 N–H and O–H groups in total. The number of carbonyl (C=O) groups is 1. The van der Waals surface area contributed by atoms with Gasteiger partial charge in [0.2, 0.25) is 0 Å². The first-order valence-electron chi connectivity index (χ1n) is 8.72. The lowest BCUT2D eigenvalue weighted by Gasteiger charge is -2.24. The topological polar surface area (TPSA) is 58.2 Å². The standard InChI is InChI=1S/C19H25N3O2/c1-3-11-22(13-16-10-7-12-24-16)19(23)18-14(2)17(20-21-18)15-8-5-4-6-9-15/h4-6,8-9,16H,3,7,10-13H2,1-2H3,(H,20,21). The summed E-state index contributed by atoms with van der Waals surface area (Å²) < 4.78 is 5.70. The van der Waals surface area contributed by atoms with Gasteiger partial charge in [0, 0.05) is 30.8 Å². The van der Waals surface area contributed by atoms with Crippen LogP contribution in [0.1, 0.15) is 42.2 Å². The summed E-state index contributed by atoms with van der Waals surface area (Å²) in [5.74, 6) is 0.0135. The SMILES string of the molecule is CCCN(CC1CCCO1)C(=O)c1[nH]nc(-c2ccccc2)c1C. The predicted molar refractivity (Wildman–Crippen MR) is 93.9 cm³/mol. The van der Waals surface area contributed by atoms with Crippen molar-refractivity contribution in [3.63, 3.8) is 0 Å². The van der Waals surface area contributed by atoms with Crippen LogP contribution < -0.4 is 0 Å². The Kier molecular flexibility index (Phi) is 5.30. The summed E-state index contributed by atoms with van der Waals surface area (Å²) in [6, 6.07) is 9.95. The minimum absolute atomic E-state index is 0.0135. The first-order valence-corrected chi connectivity index (χ1v) is 8.72. The Morgan fingerprint density at radius 3 is 2.83 bits per heavy atom. The minimum Gasteiger partial charge on any atom is -0.376 e. The molecule has 1 aromatic carbocycles. The summed E-state index contributed by atoms with van der Waals surface area (Å²) in [5.41, 5.74) is 3.35. The van der Waals surface area contributed by atoms with Gasteiger partial charge in [-0.3, -0.25) is 9.89 Å². The van der Waals surface area contributed by atoms with Gasteiger partial charge in [0.25, 0.3) is 5.91 Å². The van der Waals surface area contributed by atoms with Crippen LogP contribution in [0.3, 0.4) is 0 Å². The van der Waals surface area contributed by atoms with Crippen LogP contribution >= 0.6 is 0 Å². The van der Waals surface area contributed by atoms with Crippen molar-refractivity contribution in [1.82, 2.24) is 15.1 Å². The maximum Gasteiger partial charge on any atom is 0.272 e. The molecule has 0 spiro atoms. The van der Waals surface area contributed by atoms with Gasteiger partial charge >= 0.3 is 0 Å². The molecule has 2 heterocycles. The lowest BCUT2D eigenvalue weighted by atomic mass is 10.1. The van der Waals surface area contributed by atoms with E-state index >= 15 is 0 Å². The second kappa shape index (κ2) is 7.62. The van der Waals surface area contributed by atoms with Crippen LogP contribution in [0.25, 0.3) is 11.3 Å². The summed E-state index contributed by atoms with van der Waals surface area (Å²) in [5, 5.41) is 7.33. The van der Waals surface area contributed by atoms with E-state index in [-0.39, 0.29) is 12.0 Å². The zero-order valence-corrected chi connectivity index (χ0v) is 14.4. The molecule has 1 unspecified atom stereocenters. The second-order valence-electron chi connectivity index (χ2n) is 6.32. The van der Waals surface area contributed by atoms with Gasteiger partial charge in [-0.2, -0.15) is 5.10 Å². The number of nitrogens with zero attached hydrogens (tertiary/aromatic N) is 2. The maximum absolute atomic E-state index is 13.0. The molecular formula is C19H25N3O2. The summed E-state index contributed by atoms with van der Waals surface area (Å²) >= 11 is 0. The fourth-order valence-corrected chi connectivity index (χ4v) is 3.22. The van der Waals surface area contributed by atoms with Crippen molar-refractivity contribution in [1.29, 1.82) is 0 Å². The molecule has 0 saturated carbocycles. The zero-order chi connectivity index (χ0) is 16.9. The fraction of sp³-hybridized carbons (Fsp3) is 0.474. The smallest absolute Gasteiger partial charge is 0.272 e. The Hall–Kier alpha value is -2.14. The number of nitrogens with one attached hydrogen (secondary N) is 1. The molecule has 2 aromatic rings. The molecule has 0 bridgehead atoms. The molecule has 24 heavy (non-hydrogen) atoms. The zero-order valence-electron chi connectivity index (χ0n) is 14.4. The molecule has 5 heteroatoms. The van der Waals surface area contributed by atoms with E-state index in [0.29, 0.717) is 12.2 Å². The first-order chi connectivity index (χ1) is 11.7. The Balaban J connectivity index is 1.81. The van der Waals surface area contributed by atoms with E-state index in [1.54, 1.807) is 0 Å². The highest BCUT2D eigenvalue weighted by atomic mass is 16.5. The number of aromatic amines is 1. The van der Waals surface area contributed by atoms with E-state index in [4.69, 9.17) is 4.74 Å². The Labute approximate surface area is 143 Å². The highest BCUT2D eigenvalue weighted by molar-refractivity contribution is 5.95. The van der Waals surface area contributed by atoms with Gasteiger partial charge in [0.05, 0.1) is 11.8 Å². The van der Waals surface area contributed by atoms with Crippen molar-refractivity contribution >= 4 is 5.91 Å². The van der Waals surface area contributed by atoms with Crippen LogP contribution in [0.15, 0.2) is 30.3 Å². The third-order valence-electron chi connectivity index (χ3n) is 4.50. The minimum atomic E-state index is 0.0135. The second-order valence-corrected chi connectivity index (χ2v) is 6.32.